The molecule has 5 nitrogen and oxygen atoms in total. The number of anilines is 1. The molecule has 0 bridgehead atoms. The second-order valence-electron chi connectivity index (χ2n) is 6.26. The number of nitrogens with zero attached hydrogens (tertiary/aromatic N) is 2. The van der Waals surface area contributed by atoms with E-state index in [9.17, 15) is 9.59 Å². The third-order valence-electron chi connectivity index (χ3n) is 4.54. The molecule has 2 aromatic rings. The van der Waals surface area contributed by atoms with E-state index < -0.39 is 0 Å². The first-order valence-electron chi connectivity index (χ1n) is 8.97. The Morgan fingerprint density at radius 2 is 2.04 bits per heavy atom. The average molecular weight is 372 g/mol. The van der Waals surface area contributed by atoms with Crippen LogP contribution in [0, 0.1) is 0 Å². The first kappa shape index (κ1) is 18.6. The third-order valence-corrected chi connectivity index (χ3v) is 5.51. The minimum Gasteiger partial charge on any atom is -0.465 e. The normalized spacial score (nSPS) is 17.2. The van der Waals surface area contributed by atoms with Gasteiger partial charge in [0.1, 0.15) is 6.54 Å². The van der Waals surface area contributed by atoms with Gasteiger partial charge < -0.3 is 9.64 Å². The van der Waals surface area contributed by atoms with Crippen molar-refractivity contribution in [3.63, 3.8) is 0 Å². The fraction of sp³-hybridized carbons (Fsp3) is 0.400. The van der Waals surface area contributed by atoms with Crippen molar-refractivity contribution in [3.8, 4) is 0 Å². The van der Waals surface area contributed by atoms with Gasteiger partial charge in [0.2, 0.25) is 5.91 Å². The molecule has 138 valence electrons. The van der Waals surface area contributed by atoms with Gasteiger partial charge in [-0.1, -0.05) is 24.3 Å². The van der Waals surface area contributed by atoms with Crippen LogP contribution in [0.4, 0.5) is 5.69 Å². The van der Waals surface area contributed by atoms with Crippen LogP contribution in [0.5, 0.6) is 0 Å². The van der Waals surface area contributed by atoms with Crippen molar-refractivity contribution in [2.45, 2.75) is 25.8 Å². The molecule has 1 aromatic heterocycles. The summed E-state index contributed by atoms with van der Waals surface area (Å²) in [7, 11) is 0. The number of ether oxygens (including phenoxy) is 1. The second kappa shape index (κ2) is 8.96. The molecular formula is C20H24N2O3S. The van der Waals surface area contributed by atoms with Crippen LogP contribution in [-0.4, -0.2) is 43.0 Å². The minimum atomic E-state index is -0.388. The molecular weight excluding hydrogens is 348 g/mol. The Hall–Kier alpha value is -2.18. The van der Waals surface area contributed by atoms with E-state index in [1.807, 2.05) is 30.3 Å². The molecule has 0 aliphatic carbocycles. The Morgan fingerprint density at radius 1 is 1.23 bits per heavy atom. The number of rotatable bonds is 7. The molecule has 1 atom stereocenters. The standard InChI is InChI=1S/C20H24N2O3S/c1-2-25-20(24)15-22(16-8-4-3-5-9-16)19(23)14-21-12-6-10-17(21)18-11-7-13-26-18/h3-5,7-9,11,13,17H,2,6,10,12,14-15H2,1H3. The number of carbonyl (C=O) groups excluding carboxylic acids is 2. The van der Waals surface area contributed by atoms with Gasteiger partial charge in [-0.15, -0.1) is 11.3 Å². The summed E-state index contributed by atoms with van der Waals surface area (Å²) in [5, 5.41) is 2.07. The van der Waals surface area contributed by atoms with Crippen LogP contribution in [-0.2, 0) is 14.3 Å². The Bertz CT molecular complexity index is 718. The Balaban J connectivity index is 1.73. The van der Waals surface area contributed by atoms with Crippen LogP contribution in [0.15, 0.2) is 47.8 Å². The van der Waals surface area contributed by atoms with Crippen molar-refractivity contribution >= 4 is 28.9 Å². The van der Waals surface area contributed by atoms with Gasteiger partial charge in [0.25, 0.3) is 0 Å². The minimum absolute atomic E-state index is 0.0613. The highest BCUT2D eigenvalue weighted by Crippen LogP contribution is 2.34. The van der Waals surface area contributed by atoms with Crippen LogP contribution in [0.3, 0.4) is 0 Å². The SMILES string of the molecule is CCOC(=O)CN(C(=O)CN1CCCC1c1cccs1)c1ccccc1. The number of amides is 1. The third kappa shape index (κ3) is 4.51. The molecule has 0 N–H and O–H groups in total. The first-order chi connectivity index (χ1) is 12.7. The molecule has 1 fully saturated rings. The van der Waals surface area contributed by atoms with Crippen molar-refractivity contribution in [2.24, 2.45) is 0 Å². The molecule has 1 saturated heterocycles. The fourth-order valence-electron chi connectivity index (χ4n) is 3.34. The molecule has 26 heavy (non-hydrogen) atoms. The van der Waals surface area contributed by atoms with E-state index >= 15 is 0 Å². The lowest BCUT2D eigenvalue weighted by Gasteiger charge is -2.27. The van der Waals surface area contributed by atoms with Gasteiger partial charge in [-0.2, -0.15) is 0 Å². The lowest BCUT2D eigenvalue weighted by Crippen LogP contribution is -2.43. The molecule has 1 unspecified atom stereocenters. The van der Waals surface area contributed by atoms with Crippen LogP contribution in [0.2, 0.25) is 0 Å². The Morgan fingerprint density at radius 3 is 2.73 bits per heavy atom. The van der Waals surface area contributed by atoms with E-state index in [2.05, 4.69) is 22.4 Å². The number of hydrogen-bond donors (Lipinski definition) is 0. The molecule has 0 radical (unpaired) electrons. The Labute approximate surface area is 158 Å². The molecule has 1 aromatic carbocycles. The molecule has 1 aliphatic heterocycles. The molecule has 0 saturated carbocycles. The maximum absolute atomic E-state index is 13.0. The molecule has 2 heterocycles. The van der Waals surface area contributed by atoms with Crippen molar-refractivity contribution in [1.29, 1.82) is 0 Å². The van der Waals surface area contributed by atoms with Gasteiger partial charge in [0.05, 0.1) is 13.2 Å². The molecule has 1 aliphatic rings. The number of para-hydroxylation sites is 1. The highest BCUT2D eigenvalue weighted by Gasteiger charge is 2.30. The van der Waals surface area contributed by atoms with Crippen LogP contribution >= 0.6 is 11.3 Å². The zero-order valence-corrected chi connectivity index (χ0v) is 15.8. The summed E-state index contributed by atoms with van der Waals surface area (Å²) in [6.45, 7) is 3.21. The number of esters is 1. The lowest BCUT2D eigenvalue weighted by atomic mass is 10.2. The van der Waals surface area contributed by atoms with E-state index in [1.165, 1.54) is 9.78 Å². The van der Waals surface area contributed by atoms with Crippen LogP contribution < -0.4 is 4.90 Å². The lowest BCUT2D eigenvalue weighted by molar-refractivity contribution is -0.142. The summed E-state index contributed by atoms with van der Waals surface area (Å²) in [5.41, 5.74) is 0.720. The van der Waals surface area contributed by atoms with E-state index in [-0.39, 0.29) is 18.4 Å². The summed E-state index contributed by atoms with van der Waals surface area (Å²) in [6.07, 6.45) is 2.15. The van der Waals surface area contributed by atoms with Crippen LogP contribution in [0.1, 0.15) is 30.7 Å². The second-order valence-corrected chi connectivity index (χ2v) is 7.24. The van der Waals surface area contributed by atoms with Gasteiger partial charge in [-0.3, -0.25) is 14.5 Å². The monoisotopic (exact) mass is 372 g/mol. The van der Waals surface area contributed by atoms with Gasteiger partial charge >= 0.3 is 5.97 Å². The fourth-order valence-corrected chi connectivity index (χ4v) is 4.24. The predicted molar refractivity (Wildman–Crippen MR) is 103 cm³/mol. The smallest absolute Gasteiger partial charge is 0.326 e. The van der Waals surface area contributed by atoms with Gasteiger partial charge in [-0.25, -0.2) is 0 Å². The van der Waals surface area contributed by atoms with Crippen molar-refractivity contribution in [3.05, 3.63) is 52.7 Å². The van der Waals surface area contributed by atoms with Crippen molar-refractivity contribution in [2.75, 3.05) is 31.1 Å². The molecule has 1 amide bonds. The summed E-state index contributed by atoms with van der Waals surface area (Å²) < 4.78 is 5.05. The van der Waals surface area contributed by atoms with Crippen molar-refractivity contribution < 1.29 is 14.3 Å². The molecule has 0 spiro atoms. The summed E-state index contributed by atoms with van der Waals surface area (Å²) in [4.78, 5) is 30.1. The van der Waals surface area contributed by atoms with Crippen molar-refractivity contribution in [1.82, 2.24) is 4.90 Å². The highest BCUT2D eigenvalue weighted by atomic mass is 32.1. The largest absolute Gasteiger partial charge is 0.465 e. The van der Waals surface area contributed by atoms with E-state index in [4.69, 9.17) is 4.74 Å². The summed E-state index contributed by atoms with van der Waals surface area (Å²) >= 11 is 1.73. The van der Waals surface area contributed by atoms with Crippen LogP contribution in [0.25, 0.3) is 0 Å². The zero-order valence-electron chi connectivity index (χ0n) is 15.0. The summed E-state index contributed by atoms with van der Waals surface area (Å²) in [6, 6.07) is 13.8. The Kier molecular flexibility index (Phi) is 6.41. The number of likely N-dealkylation sites (tertiary alicyclic amines) is 1. The zero-order chi connectivity index (χ0) is 18.4. The highest BCUT2D eigenvalue weighted by molar-refractivity contribution is 7.10. The van der Waals surface area contributed by atoms with E-state index in [1.54, 1.807) is 18.3 Å². The number of benzene rings is 1. The number of hydrogen-bond acceptors (Lipinski definition) is 5. The van der Waals surface area contributed by atoms with E-state index in [0.29, 0.717) is 19.2 Å². The quantitative estimate of drug-likeness (QED) is 0.698. The average Bonchev–Trinajstić information content (AvgIpc) is 3.32. The summed E-state index contributed by atoms with van der Waals surface area (Å²) in [5.74, 6) is -0.464. The predicted octanol–water partition coefficient (Wildman–Crippen LogP) is 3.48. The first-order valence-corrected chi connectivity index (χ1v) is 9.85. The molecule has 3 rings (SSSR count). The number of carbonyl (C=O) groups is 2. The van der Waals surface area contributed by atoms with Gasteiger partial charge in [0.15, 0.2) is 0 Å². The number of thiophene rings is 1. The molecule has 6 heteroatoms. The van der Waals surface area contributed by atoms with Gasteiger partial charge in [-0.05, 0) is 49.9 Å². The maximum Gasteiger partial charge on any atom is 0.326 e. The topological polar surface area (TPSA) is 49.9 Å². The van der Waals surface area contributed by atoms with E-state index in [0.717, 1.165) is 25.1 Å². The van der Waals surface area contributed by atoms with Gasteiger partial charge in [0, 0.05) is 16.6 Å². The maximum atomic E-state index is 13.0.